The summed E-state index contributed by atoms with van der Waals surface area (Å²) in [4.78, 5) is 45.4. The molecule has 2 rings (SSSR count). The number of amides is 1. The predicted molar refractivity (Wildman–Crippen MR) is 110 cm³/mol. The third kappa shape index (κ3) is 6.10. The van der Waals surface area contributed by atoms with E-state index < -0.39 is 27.8 Å². The Hall–Kier alpha value is -3.77. The van der Waals surface area contributed by atoms with E-state index in [0.29, 0.717) is 0 Å². The van der Waals surface area contributed by atoms with E-state index in [2.05, 4.69) is 10.6 Å². The van der Waals surface area contributed by atoms with E-state index in [9.17, 15) is 29.8 Å². The summed E-state index contributed by atoms with van der Waals surface area (Å²) in [5.41, 5.74) is -0.776. The van der Waals surface area contributed by atoms with Gasteiger partial charge in [-0.1, -0.05) is 11.6 Å². The molecule has 0 bridgehead atoms. The quantitative estimate of drug-likeness (QED) is 0.293. The van der Waals surface area contributed by atoms with Gasteiger partial charge in [-0.3, -0.25) is 25.0 Å². The largest absolute Gasteiger partial charge is 0.449 e. The number of aliphatic hydroxyl groups excluding tert-OH is 1. The molecule has 1 amide bonds. The van der Waals surface area contributed by atoms with Crippen LogP contribution in [0.3, 0.4) is 0 Å². The van der Waals surface area contributed by atoms with E-state index in [1.54, 1.807) is 0 Å². The van der Waals surface area contributed by atoms with Crippen molar-refractivity contribution in [2.75, 3.05) is 23.8 Å². The van der Waals surface area contributed by atoms with Gasteiger partial charge in [-0.05, 0) is 19.1 Å². The van der Waals surface area contributed by atoms with Crippen LogP contribution in [0, 0.1) is 20.2 Å². The number of non-ortho nitro benzene ring substituents is 2. The number of nitro benzene ring substituents is 2. The van der Waals surface area contributed by atoms with E-state index in [-0.39, 0.29) is 46.5 Å². The molecule has 0 aromatic heterocycles. The highest BCUT2D eigenvalue weighted by atomic mass is 35.5. The Labute approximate surface area is 180 Å². The fraction of sp³-hybridized carbons (Fsp3) is 0.222. The van der Waals surface area contributed by atoms with Gasteiger partial charge in [0.1, 0.15) is 0 Å². The molecule has 1 atom stereocenters. The summed E-state index contributed by atoms with van der Waals surface area (Å²) in [6.07, 6.45) is -1.37. The molecule has 0 spiro atoms. The smallest absolute Gasteiger partial charge is 0.341 e. The normalized spacial score (nSPS) is 11.3. The van der Waals surface area contributed by atoms with Crippen molar-refractivity contribution in [1.82, 2.24) is 0 Å². The van der Waals surface area contributed by atoms with Crippen LogP contribution >= 0.6 is 11.6 Å². The fourth-order valence-corrected chi connectivity index (χ4v) is 2.56. The van der Waals surface area contributed by atoms with Crippen molar-refractivity contribution in [1.29, 1.82) is 0 Å². The fourth-order valence-electron chi connectivity index (χ4n) is 2.39. The number of anilines is 2. The number of rotatable bonds is 9. The van der Waals surface area contributed by atoms with E-state index >= 15 is 0 Å². The molecule has 0 fully saturated rings. The Kier molecular flexibility index (Phi) is 7.82. The van der Waals surface area contributed by atoms with Crippen LogP contribution in [0.2, 0.25) is 5.02 Å². The number of ether oxygens (including phenoxy) is 1. The first kappa shape index (κ1) is 23.5. The zero-order valence-electron chi connectivity index (χ0n) is 16.0. The highest BCUT2D eigenvalue weighted by molar-refractivity contribution is 6.33. The van der Waals surface area contributed by atoms with Gasteiger partial charge in [-0.15, -0.1) is 0 Å². The van der Waals surface area contributed by atoms with Crippen molar-refractivity contribution >= 4 is 46.2 Å². The van der Waals surface area contributed by atoms with Crippen molar-refractivity contribution in [2.24, 2.45) is 0 Å². The summed E-state index contributed by atoms with van der Waals surface area (Å²) in [5.74, 6) is -1.86. The number of hydrogen-bond donors (Lipinski definition) is 3. The van der Waals surface area contributed by atoms with Crippen LogP contribution in [0.5, 0.6) is 0 Å². The molecule has 164 valence electrons. The average molecular weight is 453 g/mol. The maximum atomic E-state index is 12.5. The van der Waals surface area contributed by atoms with Gasteiger partial charge in [0.25, 0.3) is 17.3 Å². The molecule has 2 aromatic carbocycles. The minimum atomic E-state index is -1.37. The molecule has 0 aliphatic heterocycles. The van der Waals surface area contributed by atoms with Crippen molar-refractivity contribution in [3.05, 3.63) is 67.2 Å². The highest BCUT2D eigenvalue weighted by Gasteiger charge is 2.24. The minimum absolute atomic E-state index is 0.0339. The molecule has 0 saturated carbocycles. The van der Waals surface area contributed by atoms with Crippen LogP contribution < -0.4 is 10.6 Å². The molecule has 0 aliphatic rings. The SMILES string of the molecule is CC(OC(=O)c1cc([N+](=O)[O-])ccc1NCCO)C(=O)Nc1cc([N+](=O)[O-])ccc1Cl. The van der Waals surface area contributed by atoms with Crippen LogP contribution in [0.4, 0.5) is 22.7 Å². The number of carbonyl (C=O) groups excluding carboxylic acids is 2. The minimum Gasteiger partial charge on any atom is -0.449 e. The van der Waals surface area contributed by atoms with Gasteiger partial charge in [-0.2, -0.15) is 0 Å². The Morgan fingerprint density at radius 1 is 1.10 bits per heavy atom. The third-order valence-corrected chi connectivity index (χ3v) is 4.26. The zero-order chi connectivity index (χ0) is 23.1. The zero-order valence-corrected chi connectivity index (χ0v) is 16.8. The lowest BCUT2D eigenvalue weighted by atomic mass is 10.1. The van der Waals surface area contributed by atoms with Crippen LogP contribution in [0.1, 0.15) is 17.3 Å². The standard InChI is InChI=1S/C18H17ClN4O8/c1-10(17(25)21-16-9-12(23(29)30)2-4-14(16)19)31-18(26)13-8-11(22(27)28)3-5-15(13)20-6-7-24/h2-5,8-10,20,24H,6-7H2,1H3,(H,21,25). The lowest BCUT2D eigenvalue weighted by Crippen LogP contribution is -2.30. The van der Waals surface area contributed by atoms with E-state index in [1.807, 2.05) is 0 Å². The molecule has 31 heavy (non-hydrogen) atoms. The Morgan fingerprint density at radius 2 is 1.71 bits per heavy atom. The number of nitrogens with zero attached hydrogens (tertiary/aromatic N) is 2. The molecule has 0 aliphatic carbocycles. The lowest BCUT2D eigenvalue weighted by Gasteiger charge is -2.16. The second-order valence-electron chi connectivity index (χ2n) is 6.10. The summed E-state index contributed by atoms with van der Waals surface area (Å²) in [7, 11) is 0. The van der Waals surface area contributed by atoms with Crippen LogP contribution in [0.15, 0.2) is 36.4 Å². The van der Waals surface area contributed by atoms with Gasteiger partial charge in [0.15, 0.2) is 6.10 Å². The number of nitro groups is 2. The topological polar surface area (TPSA) is 174 Å². The van der Waals surface area contributed by atoms with Gasteiger partial charge in [-0.25, -0.2) is 4.79 Å². The summed E-state index contributed by atoms with van der Waals surface area (Å²) < 4.78 is 5.09. The van der Waals surface area contributed by atoms with Crippen LogP contribution in [-0.4, -0.2) is 46.1 Å². The van der Waals surface area contributed by atoms with Gasteiger partial charge in [0.2, 0.25) is 0 Å². The molecule has 0 heterocycles. The molecular formula is C18H17ClN4O8. The van der Waals surface area contributed by atoms with Crippen molar-refractivity contribution < 1.29 is 29.3 Å². The maximum absolute atomic E-state index is 12.5. The molecule has 0 saturated heterocycles. The van der Waals surface area contributed by atoms with Crippen LogP contribution in [-0.2, 0) is 9.53 Å². The molecule has 3 N–H and O–H groups in total. The number of halogens is 1. The van der Waals surface area contributed by atoms with Crippen molar-refractivity contribution in [3.8, 4) is 0 Å². The number of nitrogens with one attached hydrogen (secondary N) is 2. The molecule has 0 radical (unpaired) electrons. The molecular weight excluding hydrogens is 436 g/mol. The van der Waals surface area contributed by atoms with E-state index in [4.69, 9.17) is 21.4 Å². The first-order valence-electron chi connectivity index (χ1n) is 8.73. The number of carbonyl (C=O) groups is 2. The van der Waals surface area contributed by atoms with Crippen molar-refractivity contribution in [3.63, 3.8) is 0 Å². The van der Waals surface area contributed by atoms with E-state index in [0.717, 1.165) is 24.3 Å². The number of hydrogen-bond acceptors (Lipinski definition) is 9. The highest BCUT2D eigenvalue weighted by Crippen LogP contribution is 2.27. The first-order valence-corrected chi connectivity index (χ1v) is 9.10. The van der Waals surface area contributed by atoms with Gasteiger partial charge in [0.05, 0.1) is 32.7 Å². The van der Waals surface area contributed by atoms with Crippen molar-refractivity contribution in [2.45, 2.75) is 13.0 Å². The lowest BCUT2D eigenvalue weighted by molar-refractivity contribution is -0.385. The molecule has 2 aromatic rings. The third-order valence-electron chi connectivity index (χ3n) is 3.93. The number of aliphatic hydroxyl groups is 1. The van der Waals surface area contributed by atoms with E-state index in [1.165, 1.54) is 19.1 Å². The van der Waals surface area contributed by atoms with Gasteiger partial charge in [0, 0.05) is 36.5 Å². The number of benzene rings is 2. The predicted octanol–water partition coefficient (Wildman–Crippen LogP) is 2.74. The summed E-state index contributed by atoms with van der Waals surface area (Å²) in [6, 6.07) is 6.85. The molecule has 13 heteroatoms. The Balaban J connectivity index is 2.19. The first-order chi connectivity index (χ1) is 14.6. The Bertz CT molecular complexity index is 1030. The monoisotopic (exact) mass is 452 g/mol. The summed E-state index contributed by atoms with van der Waals surface area (Å²) in [6.45, 7) is 1.06. The summed E-state index contributed by atoms with van der Waals surface area (Å²) in [5, 5.41) is 35.9. The van der Waals surface area contributed by atoms with Gasteiger partial charge < -0.3 is 20.5 Å². The second kappa shape index (κ2) is 10.3. The molecule has 1 unspecified atom stereocenters. The number of esters is 1. The van der Waals surface area contributed by atoms with Gasteiger partial charge >= 0.3 is 5.97 Å². The Morgan fingerprint density at radius 3 is 2.32 bits per heavy atom. The maximum Gasteiger partial charge on any atom is 0.341 e. The summed E-state index contributed by atoms with van der Waals surface area (Å²) >= 11 is 5.93. The van der Waals surface area contributed by atoms with Crippen LogP contribution in [0.25, 0.3) is 0 Å². The second-order valence-corrected chi connectivity index (χ2v) is 6.50. The average Bonchev–Trinajstić information content (AvgIpc) is 2.73. The molecule has 12 nitrogen and oxygen atoms in total.